The molecule has 0 aliphatic rings. The second-order valence-electron chi connectivity index (χ2n) is 9.16. The second-order valence-corrected chi connectivity index (χ2v) is 14.0. The molecule has 0 amide bonds. The normalized spacial score (nSPS) is 13.6. The van der Waals surface area contributed by atoms with Crippen LogP contribution in [0.5, 0.6) is 5.88 Å². The van der Waals surface area contributed by atoms with Gasteiger partial charge in [0.05, 0.1) is 17.2 Å². The topological polar surface area (TPSA) is 97.2 Å². The number of aryl methyl sites for hydroxylation is 2. The minimum Gasteiger partial charge on any atom is -0.471 e. The van der Waals surface area contributed by atoms with E-state index in [9.17, 15) is 10.1 Å². The summed E-state index contributed by atoms with van der Waals surface area (Å²) < 4.78 is 15.1. The van der Waals surface area contributed by atoms with E-state index in [0.717, 1.165) is 5.69 Å². The van der Waals surface area contributed by atoms with Crippen LogP contribution in [0.1, 0.15) is 39.1 Å². The molecule has 0 spiro atoms. The van der Waals surface area contributed by atoms with E-state index in [2.05, 4.69) is 44.1 Å². The van der Waals surface area contributed by atoms with Crippen LogP contribution in [0.2, 0.25) is 18.1 Å². The molecular formula is C19H33N5O4Si. The zero-order valence-electron chi connectivity index (χ0n) is 18.9. The number of nitrogens with zero attached hydrogens (tertiary/aromatic N) is 5. The Balaban J connectivity index is 2.15. The van der Waals surface area contributed by atoms with Gasteiger partial charge in [0.1, 0.15) is 5.69 Å². The minimum atomic E-state index is -1.85. The molecular weight excluding hydrogens is 390 g/mol. The Labute approximate surface area is 173 Å². The Morgan fingerprint density at radius 2 is 1.86 bits per heavy atom. The van der Waals surface area contributed by atoms with Crippen molar-refractivity contribution in [2.45, 2.75) is 59.7 Å². The van der Waals surface area contributed by atoms with E-state index >= 15 is 0 Å². The molecule has 10 heteroatoms. The zero-order valence-corrected chi connectivity index (χ0v) is 19.9. The first-order valence-electron chi connectivity index (χ1n) is 9.76. The van der Waals surface area contributed by atoms with Crippen LogP contribution in [0.3, 0.4) is 0 Å². The summed E-state index contributed by atoms with van der Waals surface area (Å²) in [5.41, 5.74) is 1.08. The van der Waals surface area contributed by atoms with E-state index in [0.29, 0.717) is 18.1 Å². The predicted octanol–water partition coefficient (Wildman–Crippen LogP) is 4.17. The Morgan fingerprint density at radius 1 is 1.24 bits per heavy atom. The van der Waals surface area contributed by atoms with E-state index in [-0.39, 0.29) is 29.1 Å². The van der Waals surface area contributed by atoms with Crippen molar-refractivity contribution in [2.75, 3.05) is 13.2 Å². The van der Waals surface area contributed by atoms with Crippen molar-refractivity contribution in [3.63, 3.8) is 0 Å². The molecule has 2 heterocycles. The van der Waals surface area contributed by atoms with E-state index in [1.54, 1.807) is 18.7 Å². The lowest BCUT2D eigenvalue weighted by Crippen LogP contribution is -2.42. The summed E-state index contributed by atoms with van der Waals surface area (Å²) in [7, 11) is -0.0770. The van der Waals surface area contributed by atoms with Crippen molar-refractivity contribution in [3.8, 4) is 11.7 Å². The quantitative estimate of drug-likeness (QED) is 0.359. The Bertz CT molecular complexity index is 882. The highest BCUT2D eigenvalue weighted by Crippen LogP contribution is 2.37. The van der Waals surface area contributed by atoms with Crippen molar-refractivity contribution < 1.29 is 14.1 Å². The highest BCUT2D eigenvalue weighted by atomic mass is 28.4. The van der Waals surface area contributed by atoms with Crippen LogP contribution in [-0.2, 0) is 11.5 Å². The van der Waals surface area contributed by atoms with Gasteiger partial charge in [0.25, 0.3) is 0 Å². The number of hydrogen-bond acceptors (Lipinski definition) is 6. The van der Waals surface area contributed by atoms with Crippen LogP contribution >= 0.6 is 0 Å². The van der Waals surface area contributed by atoms with Gasteiger partial charge in [-0.15, -0.1) is 5.10 Å². The van der Waals surface area contributed by atoms with Gasteiger partial charge in [0.2, 0.25) is 0 Å². The highest BCUT2D eigenvalue weighted by Gasteiger charge is 2.37. The van der Waals surface area contributed by atoms with Crippen LogP contribution < -0.4 is 4.74 Å². The van der Waals surface area contributed by atoms with Crippen molar-refractivity contribution >= 4 is 14.0 Å². The highest BCUT2D eigenvalue weighted by molar-refractivity contribution is 6.74. The summed E-state index contributed by atoms with van der Waals surface area (Å²) in [5.74, 6) is 0.742. The zero-order chi connectivity index (χ0) is 22.1. The molecule has 0 N–H and O–H groups in total. The molecule has 0 saturated heterocycles. The molecule has 1 atom stereocenters. The third kappa shape index (κ3) is 5.05. The monoisotopic (exact) mass is 423 g/mol. The van der Waals surface area contributed by atoms with E-state index in [4.69, 9.17) is 9.16 Å². The maximum absolute atomic E-state index is 11.6. The third-order valence-electron chi connectivity index (χ3n) is 5.47. The maximum atomic E-state index is 11.6. The van der Waals surface area contributed by atoms with Gasteiger partial charge in [-0.1, -0.05) is 27.7 Å². The molecule has 0 unspecified atom stereocenters. The fourth-order valence-electron chi connectivity index (χ4n) is 2.63. The Kier molecular flexibility index (Phi) is 6.58. The van der Waals surface area contributed by atoms with Crippen LogP contribution in [-0.4, -0.2) is 46.0 Å². The second kappa shape index (κ2) is 8.27. The fourth-order valence-corrected chi connectivity index (χ4v) is 3.76. The molecule has 0 aromatic carbocycles. The molecule has 0 aliphatic heterocycles. The molecule has 0 aliphatic carbocycles. The van der Waals surface area contributed by atoms with Gasteiger partial charge in [-0.2, -0.15) is 5.10 Å². The number of ether oxygens (including phenoxy) is 1. The smallest absolute Gasteiger partial charge is 0.353 e. The van der Waals surface area contributed by atoms with Crippen molar-refractivity contribution in [3.05, 3.63) is 27.6 Å². The average Bonchev–Trinajstić information content (AvgIpc) is 3.08. The SMILES string of the molecule is Cc1cc(-n2nc(OC[C@@H](C)CO[Si](C)(C)C(C)(C)C)c([N+](=O)[O-])c2C)n(C)n1. The summed E-state index contributed by atoms with van der Waals surface area (Å²) in [6.07, 6.45) is 0. The van der Waals surface area contributed by atoms with Crippen LogP contribution in [0.15, 0.2) is 6.07 Å². The van der Waals surface area contributed by atoms with E-state index in [1.807, 2.05) is 19.9 Å². The molecule has 29 heavy (non-hydrogen) atoms. The summed E-state index contributed by atoms with van der Waals surface area (Å²) in [6.45, 7) is 17.3. The molecule has 2 aromatic rings. The van der Waals surface area contributed by atoms with Gasteiger partial charge < -0.3 is 9.16 Å². The predicted molar refractivity (Wildman–Crippen MR) is 114 cm³/mol. The standard InChI is InChI=1S/C19H33N5O4Si/c1-13(12-28-29(8,9)19(4,5)6)11-27-18-17(24(25)26)15(3)23(21-18)16-10-14(2)20-22(16)7/h10,13H,11-12H2,1-9H3/t13-/m1/s1. The van der Waals surface area contributed by atoms with Crippen molar-refractivity contribution in [2.24, 2.45) is 13.0 Å². The van der Waals surface area contributed by atoms with Crippen LogP contribution in [0.25, 0.3) is 5.82 Å². The molecule has 0 saturated carbocycles. The summed E-state index contributed by atoms with van der Waals surface area (Å²) in [6, 6.07) is 1.82. The molecule has 9 nitrogen and oxygen atoms in total. The Morgan fingerprint density at radius 3 is 2.34 bits per heavy atom. The van der Waals surface area contributed by atoms with E-state index < -0.39 is 13.2 Å². The van der Waals surface area contributed by atoms with Crippen LogP contribution in [0.4, 0.5) is 5.69 Å². The van der Waals surface area contributed by atoms with E-state index in [1.165, 1.54) is 4.68 Å². The summed E-state index contributed by atoms with van der Waals surface area (Å²) in [5, 5.41) is 20.4. The van der Waals surface area contributed by atoms with Gasteiger partial charge in [-0.3, -0.25) is 14.8 Å². The molecule has 0 bridgehead atoms. The van der Waals surface area contributed by atoms with Gasteiger partial charge in [-0.05, 0) is 32.0 Å². The first-order valence-corrected chi connectivity index (χ1v) is 12.7. The average molecular weight is 424 g/mol. The molecule has 2 aromatic heterocycles. The molecule has 162 valence electrons. The van der Waals surface area contributed by atoms with Gasteiger partial charge in [0, 0.05) is 25.6 Å². The van der Waals surface area contributed by atoms with Gasteiger partial charge in [0.15, 0.2) is 14.1 Å². The summed E-state index contributed by atoms with van der Waals surface area (Å²) in [4.78, 5) is 11.2. The molecule has 2 rings (SSSR count). The number of nitro groups is 1. The maximum Gasteiger partial charge on any atom is 0.353 e. The lowest BCUT2D eigenvalue weighted by atomic mass is 10.2. The van der Waals surface area contributed by atoms with Gasteiger partial charge >= 0.3 is 11.6 Å². The van der Waals surface area contributed by atoms with Crippen molar-refractivity contribution in [1.29, 1.82) is 0 Å². The van der Waals surface area contributed by atoms with Crippen molar-refractivity contribution in [1.82, 2.24) is 19.6 Å². The number of aromatic nitrogens is 4. The third-order valence-corrected chi connectivity index (χ3v) is 9.97. The minimum absolute atomic E-state index is 0.0190. The first-order chi connectivity index (χ1) is 13.2. The lowest BCUT2D eigenvalue weighted by molar-refractivity contribution is -0.386. The Hall–Kier alpha value is -2.20. The lowest BCUT2D eigenvalue weighted by Gasteiger charge is -2.36. The largest absolute Gasteiger partial charge is 0.471 e. The number of rotatable bonds is 8. The first kappa shape index (κ1) is 23.1. The molecule has 0 fully saturated rings. The summed E-state index contributed by atoms with van der Waals surface area (Å²) >= 11 is 0. The van der Waals surface area contributed by atoms with Crippen LogP contribution in [0, 0.1) is 29.9 Å². The number of hydrogen-bond donors (Lipinski definition) is 0. The van der Waals surface area contributed by atoms with Gasteiger partial charge in [-0.25, -0.2) is 4.68 Å². The fraction of sp³-hybridized carbons (Fsp3) is 0.684. The molecule has 0 radical (unpaired) electrons.